The zero-order valence-electron chi connectivity index (χ0n) is 10.6. The Morgan fingerprint density at radius 3 is 2.41 bits per heavy atom. The summed E-state index contributed by atoms with van der Waals surface area (Å²) in [6, 6.07) is 10.7. The second kappa shape index (κ2) is 6.46. The fourth-order valence-corrected chi connectivity index (χ4v) is 4.07. The summed E-state index contributed by atoms with van der Waals surface area (Å²) in [5.74, 6) is 0. The molecule has 1 nitrogen and oxygen atoms in total. The molecule has 0 amide bonds. The maximum Gasteiger partial charge on any atom is 0.0412 e. The first-order chi connectivity index (χ1) is 8.27. The predicted octanol–water partition coefficient (Wildman–Crippen LogP) is 4.14. The first-order valence-corrected chi connectivity index (χ1v) is 7.67. The molecule has 0 saturated heterocycles. The number of thioether (sulfide) groups is 1. The van der Waals surface area contributed by atoms with Crippen molar-refractivity contribution in [1.29, 1.82) is 0 Å². The van der Waals surface area contributed by atoms with Crippen LogP contribution in [0, 0.1) is 0 Å². The second-order valence-corrected chi connectivity index (χ2v) is 6.72. The first kappa shape index (κ1) is 13.0. The SMILES string of the molecule is CC(SC1CCCCC1)C(N)c1ccccc1. The molecule has 2 heteroatoms. The molecule has 0 heterocycles. The van der Waals surface area contributed by atoms with Gasteiger partial charge in [0, 0.05) is 16.5 Å². The summed E-state index contributed by atoms with van der Waals surface area (Å²) in [4.78, 5) is 0. The molecule has 2 rings (SSSR count). The predicted molar refractivity (Wildman–Crippen MR) is 77.3 cm³/mol. The van der Waals surface area contributed by atoms with Gasteiger partial charge in [-0.05, 0) is 18.4 Å². The fraction of sp³-hybridized carbons (Fsp3) is 0.600. The van der Waals surface area contributed by atoms with E-state index in [1.807, 2.05) is 0 Å². The van der Waals surface area contributed by atoms with E-state index in [2.05, 4.69) is 49.0 Å². The highest BCUT2D eigenvalue weighted by Gasteiger charge is 2.21. The molecule has 17 heavy (non-hydrogen) atoms. The van der Waals surface area contributed by atoms with Crippen molar-refractivity contribution in [3.8, 4) is 0 Å². The van der Waals surface area contributed by atoms with E-state index in [1.165, 1.54) is 37.7 Å². The maximum atomic E-state index is 6.33. The molecule has 1 aromatic carbocycles. The van der Waals surface area contributed by atoms with E-state index < -0.39 is 0 Å². The van der Waals surface area contributed by atoms with Crippen LogP contribution < -0.4 is 5.73 Å². The van der Waals surface area contributed by atoms with E-state index in [9.17, 15) is 0 Å². The van der Waals surface area contributed by atoms with Gasteiger partial charge in [-0.2, -0.15) is 11.8 Å². The normalized spacial score (nSPS) is 21.1. The summed E-state index contributed by atoms with van der Waals surface area (Å²) in [6.45, 7) is 2.27. The Hall–Kier alpha value is -0.470. The van der Waals surface area contributed by atoms with Crippen LogP contribution in [0.3, 0.4) is 0 Å². The summed E-state index contributed by atoms with van der Waals surface area (Å²) in [5, 5.41) is 1.36. The van der Waals surface area contributed by atoms with E-state index in [4.69, 9.17) is 5.73 Å². The van der Waals surface area contributed by atoms with E-state index >= 15 is 0 Å². The molecule has 1 aromatic rings. The van der Waals surface area contributed by atoms with Crippen molar-refractivity contribution in [1.82, 2.24) is 0 Å². The van der Waals surface area contributed by atoms with Gasteiger partial charge in [0.1, 0.15) is 0 Å². The minimum Gasteiger partial charge on any atom is -0.323 e. The lowest BCUT2D eigenvalue weighted by Gasteiger charge is -2.27. The average molecular weight is 249 g/mol. The molecule has 1 aliphatic rings. The minimum atomic E-state index is 0.170. The molecule has 0 aromatic heterocycles. The van der Waals surface area contributed by atoms with Gasteiger partial charge >= 0.3 is 0 Å². The summed E-state index contributed by atoms with van der Waals surface area (Å²) in [7, 11) is 0. The third-order valence-electron chi connectivity index (χ3n) is 3.65. The Morgan fingerprint density at radius 2 is 1.76 bits per heavy atom. The van der Waals surface area contributed by atoms with Crippen LogP contribution in [0.1, 0.15) is 50.6 Å². The summed E-state index contributed by atoms with van der Waals surface area (Å²) >= 11 is 2.10. The molecule has 2 atom stereocenters. The van der Waals surface area contributed by atoms with Gasteiger partial charge in [-0.25, -0.2) is 0 Å². The largest absolute Gasteiger partial charge is 0.323 e. The summed E-state index contributed by atoms with van der Waals surface area (Å²) in [6.07, 6.45) is 7.01. The monoisotopic (exact) mass is 249 g/mol. The van der Waals surface area contributed by atoms with Crippen LogP contribution in [-0.2, 0) is 0 Å². The number of hydrogen-bond acceptors (Lipinski definition) is 2. The molecule has 0 aliphatic heterocycles. The number of nitrogens with two attached hydrogens (primary N) is 1. The summed E-state index contributed by atoms with van der Waals surface area (Å²) in [5.41, 5.74) is 7.60. The van der Waals surface area contributed by atoms with Crippen LogP contribution in [0.4, 0.5) is 0 Å². The maximum absolute atomic E-state index is 6.33. The van der Waals surface area contributed by atoms with Gasteiger partial charge in [-0.1, -0.05) is 56.5 Å². The van der Waals surface area contributed by atoms with Gasteiger partial charge in [0.25, 0.3) is 0 Å². The van der Waals surface area contributed by atoms with Gasteiger partial charge in [0.2, 0.25) is 0 Å². The Morgan fingerprint density at radius 1 is 1.12 bits per heavy atom. The van der Waals surface area contributed by atoms with Gasteiger partial charge in [0.05, 0.1) is 0 Å². The van der Waals surface area contributed by atoms with Crippen LogP contribution in [0.2, 0.25) is 0 Å². The standard InChI is InChI=1S/C15H23NS/c1-12(17-14-10-6-3-7-11-14)15(16)13-8-4-2-5-9-13/h2,4-5,8-9,12,14-15H,3,6-7,10-11,16H2,1H3. The van der Waals surface area contributed by atoms with Crippen molar-refractivity contribution < 1.29 is 0 Å². The van der Waals surface area contributed by atoms with E-state index in [0.29, 0.717) is 5.25 Å². The number of hydrogen-bond donors (Lipinski definition) is 1. The van der Waals surface area contributed by atoms with Crippen molar-refractivity contribution in [2.75, 3.05) is 0 Å². The zero-order valence-corrected chi connectivity index (χ0v) is 11.5. The van der Waals surface area contributed by atoms with Crippen molar-refractivity contribution in [2.24, 2.45) is 5.73 Å². The molecular formula is C15H23NS. The molecule has 1 fully saturated rings. The molecule has 2 N–H and O–H groups in total. The molecule has 1 aliphatic carbocycles. The van der Waals surface area contributed by atoms with Crippen LogP contribution >= 0.6 is 11.8 Å². The lowest BCUT2D eigenvalue weighted by Crippen LogP contribution is -2.24. The molecule has 1 saturated carbocycles. The topological polar surface area (TPSA) is 26.0 Å². The zero-order chi connectivity index (χ0) is 12.1. The minimum absolute atomic E-state index is 0.170. The Balaban J connectivity index is 1.88. The van der Waals surface area contributed by atoms with E-state index in [1.54, 1.807) is 0 Å². The molecule has 0 spiro atoms. The van der Waals surface area contributed by atoms with Crippen LogP contribution in [0.5, 0.6) is 0 Å². The third-order valence-corrected chi connectivity index (χ3v) is 5.23. The Kier molecular flexibility index (Phi) is 4.93. The Labute approximate surface area is 109 Å². The molecule has 94 valence electrons. The second-order valence-electron chi connectivity index (χ2n) is 5.04. The molecule has 0 bridgehead atoms. The van der Waals surface area contributed by atoms with Gasteiger partial charge in [-0.15, -0.1) is 0 Å². The first-order valence-electron chi connectivity index (χ1n) is 6.73. The van der Waals surface area contributed by atoms with Crippen LogP contribution in [-0.4, -0.2) is 10.5 Å². The Bertz CT molecular complexity index is 319. The van der Waals surface area contributed by atoms with E-state index in [-0.39, 0.29) is 6.04 Å². The molecule has 2 unspecified atom stereocenters. The lowest BCUT2D eigenvalue weighted by atomic mass is 10.0. The highest BCUT2D eigenvalue weighted by molar-refractivity contribution is 8.00. The number of benzene rings is 1. The van der Waals surface area contributed by atoms with Crippen molar-refractivity contribution >= 4 is 11.8 Å². The van der Waals surface area contributed by atoms with Gasteiger partial charge < -0.3 is 5.73 Å². The average Bonchev–Trinajstić information content (AvgIpc) is 2.40. The highest BCUT2D eigenvalue weighted by atomic mass is 32.2. The summed E-state index contributed by atoms with van der Waals surface area (Å²) < 4.78 is 0. The fourth-order valence-electron chi connectivity index (χ4n) is 2.54. The van der Waals surface area contributed by atoms with Crippen molar-refractivity contribution in [2.45, 2.75) is 55.6 Å². The van der Waals surface area contributed by atoms with Crippen molar-refractivity contribution in [3.63, 3.8) is 0 Å². The third kappa shape index (κ3) is 3.75. The van der Waals surface area contributed by atoms with Gasteiger partial charge in [-0.3, -0.25) is 0 Å². The van der Waals surface area contributed by atoms with Crippen LogP contribution in [0.15, 0.2) is 30.3 Å². The van der Waals surface area contributed by atoms with Crippen molar-refractivity contribution in [3.05, 3.63) is 35.9 Å². The molecular weight excluding hydrogens is 226 g/mol. The highest BCUT2D eigenvalue weighted by Crippen LogP contribution is 2.34. The molecule has 0 radical (unpaired) electrons. The van der Waals surface area contributed by atoms with Crippen LogP contribution in [0.25, 0.3) is 0 Å². The quantitative estimate of drug-likeness (QED) is 0.868. The van der Waals surface area contributed by atoms with Gasteiger partial charge in [0.15, 0.2) is 0 Å². The number of rotatable bonds is 4. The lowest BCUT2D eigenvalue weighted by molar-refractivity contribution is 0.513. The smallest absolute Gasteiger partial charge is 0.0412 e. The van der Waals surface area contributed by atoms with E-state index in [0.717, 1.165) is 5.25 Å².